The highest BCUT2D eigenvalue weighted by Gasteiger charge is 2.12. The Hall–Kier alpha value is -2.53. The Morgan fingerprint density at radius 3 is 2.33 bits per heavy atom. The van der Waals surface area contributed by atoms with Crippen LogP contribution in [0.15, 0.2) is 59.8 Å². The number of aryl methyl sites for hydroxylation is 1. The van der Waals surface area contributed by atoms with Crippen LogP contribution in [-0.2, 0) is 5.75 Å². The van der Waals surface area contributed by atoms with Crippen molar-refractivity contribution in [2.75, 3.05) is 7.11 Å². The summed E-state index contributed by atoms with van der Waals surface area (Å²) in [5, 5.41) is 0.715. The molecule has 1 heterocycles. The van der Waals surface area contributed by atoms with E-state index >= 15 is 0 Å². The van der Waals surface area contributed by atoms with Crippen molar-refractivity contribution >= 4 is 11.8 Å². The van der Waals surface area contributed by atoms with E-state index in [1.165, 1.54) is 11.1 Å². The van der Waals surface area contributed by atoms with Crippen molar-refractivity contribution in [3.8, 4) is 17.4 Å². The maximum Gasteiger partial charge on any atom is 0.223 e. The van der Waals surface area contributed by atoms with Crippen LogP contribution in [0.5, 0.6) is 17.4 Å². The van der Waals surface area contributed by atoms with E-state index in [0.717, 1.165) is 11.4 Å². The molecule has 3 rings (SSSR count). The number of aromatic nitrogens is 2. The zero-order valence-electron chi connectivity index (χ0n) is 16.1. The summed E-state index contributed by atoms with van der Waals surface area (Å²) >= 11 is 1.61. The molecule has 140 valence electrons. The lowest BCUT2D eigenvalue weighted by atomic mass is 10.1. The summed E-state index contributed by atoms with van der Waals surface area (Å²) in [4.78, 5) is 9.28. The van der Waals surface area contributed by atoms with Gasteiger partial charge in [0.2, 0.25) is 5.88 Å². The van der Waals surface area contributed by atoms with E-state index in [1.807, 2.05) is 30.3 Å². The minimum absolute atomic E-state index is 0.284. The average molecular weight is 381 g/mol. The highest BCUT2D eigenvalue weighted by molar-refractivity contribution is 7.98. The summed E-state index contributed by atoms with van der Waals surface area (Å²) in [6.45, 7) is 6.32. The fraction of sp³-hybridized carbons (Fsp3) is 0.273. The lowest BCUT2D eigenvalue weighted by molar-refractivity contribution is 0.372. The maximum absolute atomic E-state index is 6.01. The smallest absolute Gasteiger partial charge is 0.223 e. The van der Waals surface area contributed by atoms with Crippen molar-refractivity contribution in [1.82, 2.24) is 9.97 Å². The highest BCUT2D eigenvalue weighted by atomic mass is 32.2. The molecule has 1 aromatic heterocycles. The van der Waals surface area contributed by atoms with Gasteiger partial charge in [0, 0.05) is 11.8 Å². The second kappa shape index (κ2) is 8.91. The number of para-hydroxylation sites is 2. The molecule has 0 saturated carbocycles. The number of hydrogen-bond acceptors (Lipinski definition) is 5. The van der Waals surface area contributed by atoms with Crippen molar-refractivity contribution in [3.63, 3.8) is 0 Å². The van der Waals surface area contributed by atoms with E-state index in [2.05, 4.69) is 50.0 Å². The lowest BCUT2D eigenvalue weighted by Crippen LogP contribution is -2.00. The number of rotatable bonds is 7. The van der Waals surface area contributed by atoms with Crippen LogP contribution >= 0.6 is 11.8 Å². The summed E-state index contributed by atoms with van der Waals surface area (Å²) in [6, 6.07) is 18.0. The molecule has 0 unspecified atom stereocenters. The van der Waals surface area contributed by atoms with Gasteiger partial charge in [0.25, 0.3) is 0 Å². The van der Waals surface area contributed by atoms with Gasteiger partial charge in [-0.3, -0.25) is 0 Å². The number of nitrogens with zero attached hydrogens (tertiary/aromatic N) is 2. The molecule has 27 heavy (non-hydrogen) atoms. The Kier molecular flexibility index (Phi) is 6.35. The van der Waals surface area contributed by atoms with E-state index in [-0.39, 0.29) is 5.92 Å². The number of hydrogen-bond donors (Lipinski definition) is 0. The van der Waals surface area contributed by atoms with Gasteiger partial charge < -0.3 is 9.47 Å². The van der Waals surface area contributed by atoms with Crippen molar-refractivity contribution in [2.24, 2.45) is 0 Å². The van der Waals surface area contributed by atoms with Crippen molar-refractivity contribution < 1.29 is 9.47 Å². The van der Waals surface area contributed by atoms with Gasteiger partial charge in [-0.15, -0.1) is 0 Å². The van der Waals surface area contributed by atoms with Gasteiger partial charge in [-0.05, 0) is 30.5 Å². The van der Waals surface area contributed by atoms with Gasteiger partial charge in [-0.1, -0.05) is 67.6 Å². The first-order valence-corrected chi connectivity index (χ1v) is 9.92. The molecule has 0 radical (unpaired) electrons. The van der Waals surface area contributed by atoms with E-state index in [0.29, 0.717) is 22.5 Å². The van der Waals surface area contributed by atoms with Gasteiger partial charge in [0.1, 0.15) is 0 Å². The minimum Gasteiger partial charge on any atom is -0.493 e. The van der Waals surface area contributed by atoms with E-state index in [4.69, 9.17) is 14.5 Å². The summed E-state index contributed by atoms with van der Waals surface area (Å²) in [7, 11) is 1.63. The monoisotopic (exact) mass is 380 g/mol. The molecule has 0 spiro atoms. The van der Waals surface area contributed by atoms with Crippen LogP contribution in [-0.4, -0.2) is 17.1 Å². The summed E-state index contributed by atoms with van der Waals surface area (Å²) in [5.74, 6) is 2.95. The first-order valence-electron chi connectivity index (χ1n) is 8.93. The van der Waals surface area contributed by atoms with Crippen LogP contribution in [0.25, 0.3) is 0 Å². The predicted octanol–water partition coefficient (Wildman–Crippen LogP) is 6.00. The third-order valence-corrected chi connectivity index (χ3v) is 4.98. The summed E-state index contributed by atoms with van der Waals surface area (Å²) < 4.78 is 11.4. The van der Waals surface area contributed by atoms with E-state index < -0.39 is 0 Å². The fourth-order valence-corrected chi connectivity index (χ4v) is 3.29. The van der Waals surface area contributed by atoms with Gasteiger partial charge in [0.15, 0.2) is 16.7 Å². The minimum atomic E-state index is 0.284. The Balaban J connectivity index is 1.82. The molecular formula is C22H24N2O2S. The Bertz CT molecular complexity index is 895. The molecule has 4 nitrogen and oxygen atoms in total. The Labute approximate surface area is 165 Å². The molecule has 0 N–H and O–H groups in total. The number of benzene rings is 2. The van der Waals surface area contributed by atoms with E-state index in [9.17, 15) is 0 Å². The molecule has 0 fully saturated rings. The molecule has 0 aliphatic rings. The van der Waals surface area contributed by atoms with Crippen LogP contribution in [0.1, 0.15) is 36.6 Å². The highest BCUT2D eigenvalue weighted by Crippen LogP contribution is 2.32. The van der Waals surface area contributed by atoms with Crippen LogP contribution in [0, 0.1) is 6.92 Å². The normalized spacial score (nSPS) is 10.9. The molecule has 0 bridgehead atoms. The van der Waals surface area contributed by atoms with Crippen LogP contribution in [0.4, 0.5) is 0 Å². The molecule has 0 aliphatic carbocycles. The number of thioether (sulfide) groups is 1. The fourth-order valence-electron chi connectivity index (χ4n) is 2.48. The predicted molar refractivity (Wildman–Crippen MR) is 110 cm³/mol. The largest absolute Gasteiger partial charge is 0.493 e. The number of methoxy groups -OCH3 is 1. The molecule has 0 atom stereocenters. The van der Waals surface area contributed by atoms with Gasteiger partial charge >= 0.3 is 0 Å². The zero-order valence-corrected chi connectivity index (χ0v) is 16.9. The molecule has 5 heteroatoms. The summed E-state index contributed by atoms with van der Waals surface area (Å²) in [6.07, 6.45) is 0. The average Bonchev–Trinajstić information content (AvgIpc) is 2.68. The molecule has 0 amide bonds. The molecule has 0 saturated heterocycles. The topological polar surface area (TPSA) is 44.2 Å². The molecule has 2 aromatic carbocycles. The second-order valence-electron chi connectivity index (χ2n) is 6.60. The second-order valence-corrected chi connectivity index (χ2v) is 7.54. The first kappa shape index (κ1) is 19.2. The quantitative estimate of drug-likeness (QED) is 0.371. The van der Waals surface area contributed by atoms with Gasteiger partial charge in [-0.25, -0.2) is 4.98 Å². The van der Waals surface area contributed by atoms with Crippen LogP contribution in [0.3, 0.4) is 0 Å². The van der Waals surface area contributed by atoms with Crippen LogP contribution in [0.2, 0.25) is 0 Å². The molecule has 0 aliphatic heterocycles. The maximum atomic E-state index is 6.01. The molecule has 3 aromatic rings. The standard InChI is InChI=1S/C22H24N2O2S/c1-15(2)18-13-21(26-20-8-6-5-7-19(20)25-4)24-22(23-18)27-14-17-11-9-16(3)10-12-17/h5-13,15H,14H2,1-4H3. The van der Waals surface area contributed by atoms with Gasteiger partial charge in [-0.2, -0.15) is 4.98 Å². The van der Waals surface area contributed by atoms with Crippen molar-refractivity contribution in [2.45, 2.75) is 37.6 Å². The Morgan fingerprint density at radius 2 is 1.67 bits per heavy atom. The summed E-state index contributed by atoms with van der Waals surface area (Å²) in [5.41, 5.74) is 3.46. The SMILES string of the molecule is COc1ccccc1Oc1cc(C(C)C)nc(SCc2ccc(C)cc2)n1. The lowest BCUT2D eigenvalue weighted by Gasteiger charge is -2.12. The molecular weight excluding hydrogens is 356 g/mol. The first-order chi connectivity index (χ1) is 13.0. The third-order valence-electron chi connectivity index (χ3n) is 4.07. The van der Waals surface area contributed by atoms with Crippen molar-refractivity contribution in [1.29, 1.82) is 0 Å². The number of ether oxygens (including phenoxy) is 2. The van der Waals surface area contributed by atoms with Crippen molar-refractivity contribution in [3.05, 3.63) is 71.4 Å². The Morgan fingerprint density at radius 1 is 0.963 bits per heavy atom. The van der Waals surface area contributed by atoms with E-state index in [1.54, 1.807) is 18.9 Å². The third kappa shape index (κ3) is 5.23. The van der Waals surface area contributed by atoms with Crippen LogP contribution < -0.4 is 9.47 Å². The van der Waals surface area contributed by atoms with Gasteiger partial charge in [0.05, 0.1) is 12.8 Å². The zero-order chi connectivity index (χ0) is 19.2.